The molecule has 356 valence electrons. The molecule has 2 aliphatic rings. The van der Waals surface area contributed by atoms with Crippen molar-refractivity contribution in [3.63, 3.8) is 0 Å². The van der Waals surface area contributed by atoms with Crippen molar-refractivity contribution in [2.75, 3.05) is 0 Å². The average molecular weight is 965 g/mol. The lowest BCUT2D eigenvalue weighted by Gasteiger charge is -2.35. The molecule has 2 unspecified atom stereocenters. The second kappa shape index (κ2) is 17.7. The molecule has 0 saturated carbocycles. The Kier molecular flexibility index (Phi) is 10.2. The van der Waals surface area contributed by atoms with Gasteiger partial charge in [0.1, 0.15) is 22.5 Å². The Morgan fingerprint density at radius 3 is 1.79 bits per heavy atom. The molecule has 0 amide bonds. The average Bonchev–Trinajstić information content (AvgIpc) is 4.19. The van der Waals surface area contributed by atoms with Crippen LogP contribution >= 0.6 is 0 Å². The van der Waals surface area contributed by atoms with Crippen molar-refractivity contribution in [2.45, 2.75) is 25.7 Å². The Hall–Kier alpha value is -9.39. The predicted octanol–water partition coefficient (Wildman–Crippen LogP) is 18.0. The number of rotatable bonds is 8. The SMILES string of the molecule is C1=C(c2cccc3oc4c(-c5nc(-c6ccccc6)nc(-c6ccc(-c7ccccc7)cc6)n5)cccc4c23)CC(C2Cc3c(oc4ccccc34)C=C2n2c3ccccc3c3cc(-c4ccccc4)ccc32)CC1. The van der Waals surface area contributed by atoms with Gasteiger partial charge in [-0.3, -0.25) is 0 Å². The number of nitrogens with zero attached hydrogens (tertiary/aromatic N) is 4. The van der Waals surface area contributed by atoms with E-state index in [1.165, 1.54) is 60.7 Å². The van der Waals surface area contributed by atoms with E-state index in [9.17, 15) is 0 Å². The summed E-state index contributed by atoms with van der Waals surface area (Å²) in [5.41, 5.74) is 17.6. The Labute approximate surface area is 433 Å². The lowest BCUT2D eigenvalue weighted by atomic mass is 9.72. The van der Waals surface area contributed by atoms with Gasteiger partial charge in [0.15, 0.2) is 17.5 Å². The van der Waals surface area contributed by atoms with Crippen LogP contribution < -0.4 is 0 Å². The van der Waals surface area contributed by atoms with Crippen LogP contribution in [0.25, 0.3) is 128 Å². The van der Waals surface area contributed by atoms with Crippen molar-refractivity contribution in [2.24, 2.45) is 11.8 Å². The van der Waals surface area contributed by atoms with E-state index in [1.807, 2.05) is 36.4 Å². The van der Waals surface area contributed by atoms with E-state index >= 15 is 0 Å². The second-order valence-corrected chi connectivity index (χ2v) is 20.1. The summed E-state index contributed by atoms with van der Waals surface area (Å²) in [6.07, 6.45) is 8.74. The van der Waals surface area contributed by atoms with Crippen LogP contribution in [0.5, 0.6) is 0 Å². The molecule has 0 radical (unpaired) electrons. The number of allylic oxidation sites excluding steroid dienone is 3. The molecule has 0 spiro atoms. The lowest BCUT2D eigenvalue weighted by molar-refractivity contribution is 0.368. The molecule has 0 bridgehead atoms. The highest BCUT2D eigenvalue weighted by atomic mass is 16.3. The van der Waals surface area contributed by atoms with Gasteiger partial charge in [-0.1, -0.05) is 188 Å². The van der Waals surface area contributed by atoms with Gasteiger partial charge in [0.25, 0.3) is 0 Å². The molecule has 0 N–H and O–H groups in total. The van der Waals surface area contributed by atoms with Gasteiger partial charge < -0.3 is 13.4 Å². The molecule has 13 aromatic rings. The van der Waals surface area contributed by atoms with Crippen molar-refractivity contribution in [3.05, 3.63) is 241 Å². The highest BCUT2D eigenvalue weighted by Gasteiger charge is 2.36. The Balaban J connectivity index is 0.830. The van der Waals surface area contributed by atoms with E-state index < -0.39 is 0 Å². The summed E-state index contributed by atoms with van der Waals surface area (Å²) < 4.78 is 16.2. The van der Waals surface area contributed by atoms with Crippen LogP contribution in [0.15, 0.2) is 233 Å². The molecule has 4 aromatic heterocycles. The number of benzene rings is 9. The molecular formula is C69H48N4O2. The second-order valence-electron chi connectivity index (χ2n) is 20.1. The van der Waals surface area contributed by atoms with Crippen molar-refractivity contribution >= 4 is 72.1 Å². The maximum atomic E-state index is 6.97. The van der Waals surface area contributed by atoms with E-state index in [0.717, 1.165) is 86.8 Å². The van der Waals surface area contributed by atoms with Crippen LogP contribution in [0.4, 0.5) is 0 Å². The topological polar surface area (TPSA) is 69.9 Å². The van der Waals surface area contributed by atoms with Crippen LogP contribution in [0.1, 0.15) is 36.1 Å². The first kappa shape index (κ1) is 43.2. The Bertz CT molecular complexity index is 4410. The van der Waals surface area contributed by atoms with Crippen molar-refractivity contribution < 1.29 is 8.83 Å². The summed E-state index contributed by atoms with van der Waals surface area (Å²) in [4.78, 5) is 15.4. The van der Waals surface area contributed by atoms with Crippen molar-refractivity contribution in [3.8, 4) is 56.4 Å². The Morgan fingerprint density at radius 2 is 1.00 bits per heavy atom. The highest BCUT2D eigenvalue weighted by Crippen LogP contribution is 2.50. The molecular weight excluding hydrogens is 917 g/mol. The zero-order valence-corrected chi connectivity index (χ0v) is 41.0. The molecule has 75 heavy (non-hydrogen) atoms. The standard InChI is InChI=1S/C69H48N4O2/c1-4-17-43(18-5-1)45-33-35-47(36-34-45)68-70-67(46-21-8-3-9-22-46)71-69(72-68)55-29-15-28-54-65-51(27-16-32-63(65)75-66(54)55)49-23-14-24-50(39-49)56-41-58-53-26-11-13-31-62(53)74-64(58)42-61(56)73-59-30-12-10-25-52(59)57-40-48(37-38-60(57)73)44-19-6-2-7-20-44/h1-13,15-23,25-38,40,42,50,56H,14,24,39,41H2. The van der Waals surface area contributed by atoms with E-state index in [-0.39, 0.29) is 5.92 Å². The molecule has 0 aliphatic heterocycles. The fourth-order valence-electron chi connectivity index (χ4n) is 12.3. The van der Waals surface area contributed by atoms with E-state index in [4.69, 9.17) is 23.8 Å². The maximum Gasteiger partial charge on any atom is 0.167 e. The molecule has 0 saturated heterocycles. The molecule has 15 rings (SSSR count). The number of hydrogen-bond donors (Lipinski definition) is 0. The number of hydrogen-bond acceptors (Lipinski definition) is 5. The summed E-state index contributed by atoms with van der Waals surface area (Å²) in [6.45, 7) is 0. The van der Waals surface area contributed by atoms with Crippen LogP contribution in [0, 0.1) is 11.8 Å². The van der Waals surface area contributed by atoms with Crippen molar-refractivity contribution in [1.29, 1.82) is 0 Å². The molecule has 2 aliphatic carbocycles. The molecule has 9 aromatic carbocycles. The minimum Gasteiger partial charge on any atom is -0.456 e. The van der Waals surface area contributed by atoms with Gasteiger partial charge in [0, 0.05) is 61.3 Å². The summed E-state index contributed by atoms with van der Waals surface area (Å²) >= 11 is 0. The number of para-hydroxylation sites is 3. The maximum absolute atomic E-state index is 6.97. The van der Waals surface area contributed by atoms with Gasteiger partial charge in [-0.05, 0) is 101 Å². The third-order valence-corrected chi connectivity index (χ3v) is 15.9. The van der Waals surface area contributed by atoms with Gasteiger partial charge in [-0.25, -0.2) is 15.0 Å². The third kappa shape index (κ3) is 7.35. The van der Waals surface area contributed by atoms with Gasteiger partial charge in [0.05, 0.1) is 16.6 Å². The Morgan fingerprint density at radius 1 is 0.427 bits per heavy atom. The third-order valence-electron chi connectivity index (χ3n) is 15.9. The minimum atomic E-state index is 0.216. The van der Waals surface area contributed by atoms with Gasteiger partial charge >= 0.3 is 0 Å². The van der Waals surface area contributed by atoms with Crippen molar-refractivity contribution in [1.82, 2.24) is 19.5 Å². The largest absolute Gasteiger partial charge is 0.456 e. The number of fused-ring (bicyclic) bond motifs is 9. The molecule has 6 heteroatoms. The first-order valence-electron chi connectivity index (χ1n) is 26.1. The zero-order chi connectivity index (χ0) is 49.4. The normalized spacial score (nSPS) is 15.7. The highest BCUT2D eigenvalue weighted by molar-refractivity contribution is 6.14. The summed E-state index contributed by atoms with van der Waals surface area (Å²) in [5.74, 6) is 3.32. The first-order chi connectivity index (χ1) is 37.2. The van der Waals surface area contributed by atoms with Gasteiger partial charge in [-0.2, -0.15) is 0 Å². The zero-order valence-electron chi connectivity index (χ0n) is 41.0. The van der Waals surface area contributed by atoms with E-state index in [2.05, 4.69) is 199 Å². The number of furan rings is 2. The number of aromatic nitrogens is 4. The van der Waals surface area contributed by atoms with Crippen LogP contribution in [0.2, 0.25) is 0 Å². The smallest absolute Gasteiger partial charge is 0.167 e. The van der Waals surface area contributed by atoms with Crippen LogP contribution in [-0.2, 0) is 6.42 Å². The fourth-order valence-corrected chi connectivity index (χ4v) is 12.3. The van der Waals surface area contributed by atoms with Crippen LogP contribution in [0.3, 0.4) is 0 Å². The van der Waals surface area contributed by atoms with E-state index in [0.29, 0.717) is 23.4 Å². The monoisotopic (exact) mass is 964 g/mol. The lowest BCUT2D eigenvalue weighted by Crippen LogP contribution is -2.26. The summed E-state index contributed by atoms with van der Waals surface area (Å²) in [6, 6.07) is 77.2. The quantitative estimate of drug-likeness (QED) is 0.152. The minimum absolute atomic E-state index is 0.216. The summed E-state index contributed by atoms with van der Waals surface area (Å²) in [5, 5.41) is 5.89. The summed E-state index contributed by atoms with van der Waals surface area (Å²) in [7, 11) is 0. The van der Waals surface area contributed by atoms with Crippen LogP contribution in [-0.4, -0.2) is 19.5 Å². The van der Waals surface area contributed by atoms with Gasteiger partial charge in [0.2, 0.25) is 0 Å². The molecule has 2 atom stereocenters. The van der Waals surface area contributed by atoms with Gasteiger partial charge in [-0.15, -0.1) is 0 Å². The first-order valence-corrected chi connectivity index (χ1v) is 26.1. The predicted molar refractivity (Wildman–Crippen MR) is 307 cm³/mol. The molecule has 6 nitrogen and oxygen atoms in total. The molecule has 0 fully saturated rings. The molecule has 4 heterocycles. The fraction of sp³-hybridized carbons (Fsp3) is 0.0870. The van der Waals surface area contributed by atoms with E-state index in [1.54, 1.807) is 0 Å².